The molecule has 1 aromatic carbocycles. The minimum atomic E-state index is -3.49. The number of rotatable bonds is 6. The van der Waals surface area contributed by atoms with E-state index in [0.29, 0.717) is 11.5 Å². The second-order valence-corrected chi connectivity index (χ2v) is 15.5. The Bertz CT molecular complexity index is 722. The number of aryl methyl sites for hydroxylation is 1. The second kappa shape index (κ2) is 6.48. The monoisotopic (exact) mass is 383 g/mol. The first kappa shape index (κ1) is 20.6. The van der Waals surface area contributed by atoms with Crippen LogP contribution in [0.5, 0.6) is 0 Å². The molecule has 1 fully saturated rings. The first-order chi connectivity index (χ1) is 11.3. The molecule has 0 spiro atoms. The zero-order valence-corrected chi connectivity index (χ0v) is 18.7. The van der Waals surface area contributed by atoms with Crippen LogP contribution < -0.4 is 0 Å². The number of sulfonamides is 1. The molecular weight excluding hydrogens is 350 g/mol. The van der Waals surface area contributed by atoms with Crippen molar-refractivity contribution in [3.63, 3.8) is 0 Å². The van der Waals surface area contributed by atoms with E-state index in [1.807, 2.05) is 32.9 Å². The number of nitrogens with zero attached hydrogens (tertiary/aromatic N) is 1. The van der Waals surface area contributed by atoms with E-state index in [1.165, 1.54) is 0 Å². The van der Waals surface area contributed by atoms with Crippen molar-refractivity contribution in [2.24, 2.45) is 0 Å². The molecule has 0 bridgehead atoms. The maximum Gasteiger partial charge on any atom is 0.244 e. The summed E-state index contributed by atoms with van der Waals surface area (Å²) < 4.78 is 34.2. The summed E-state index contributed by atoms with van der Waals surface area (Å²) in [5, 5.41) is 0.116. The highest BCUT2D eigenvalue weighted by Crippen LogP contribution is 2.49. The van der Waals surface area contributed by atoms with E-state index in [1.54, 1.807) is 16.4 Å². The van der Waals surface area contributed by atoms with Gasteiger partial charge >= 0.3 is 0 Å². The van der Waals surface area contributed by atoms with Crippen molar-refractivity contribution in [2.45, 2.75) is 82.6 Å². The molecule has 0 radical (unpaired) electrons. The van der Waals surface area contributed by atoms with Crippen LogP contribution in [-0.4, -0.2) is 39.2 Å². The summed E-state index contributed by atoms with van der Waals surface area (Å²) >= 11 is 0. The minimum Gasteiger partial charge on any atom is -0.415 e. The van der Waals surface area contributed by atoms with Gasteiger partial charge in [0.25, 0.3) is 0 Å². The zero-order valence-electron chi connectivity index (χ0n) is 16.9. The third kappa shape index (κ3) is 3.72. The van der Waals surface area contributed by atoms with Gasteiger partial charge in [-0.3, -0.25) is 0 Å². The highest BCUT2D eigenvalue weighted by molar-refractivity contribution is 7.89. The minimum absolute atomic E-state index is 0.0853. The molecule has 0 amide bonds. The summed E-state index contributed by atoms with van der Waals surface area (Å²) in [5.74, 6) is 0. The largest absolute Gasteiger partial charge is 0.415 e. The smallest absolute Gasteiger partial charge is 0.244 e. The van der Waals surface area contributed by atoms with Crippen molar-refractivity contribution in [3.05, 3.63) is 29.8 Å². The Kier molecular flexibility index (Phi) is 5.34. The third-order valence-electron chi connectivity index (χ3n) is 6.14. The van der Waals surface area contributed by atoms with Gasteiger partial charge in [-0.1, -0.05) is 45.4 Å². The van der Waals surface area contributed by atoms with Crippen molar-refractivity contribution in [1.29, 1.82) is 0 Å². The molecular formula is C19H33NO3SSi. The van der Waals surface area contributed by atoms with Crippen molar-refractivity contribution in [3.8, 4) is 0 Å². The lowest BCUT2D eigenvalue weighted by Gasteiger charge is -2.36. The average molecular weight is 384 g/mol. The first-order valence-corrected chi connectivity index (χ1v) is 13.4. The van der Waals surface area contributed by atoms with Crippen molar-refractivity contribution < 1.29 is 12.8 Å². The Morgan fingerprint density at radius 2 is 1.72 bits per heavy atom. The lowest BCUT2D eigenvalue weighted by molar-refractivity contribution is 0.278. The molecule has 1 heterocycles. The fourth-order valence-corrected chi connectivity index (χ4v) is 5.97. The Morgan fingerprint density at radius 1 is 1.20 bits per heavy atom. The van der Waals surface area contributed by atoms with Gasteiger partial charge in [-0.2, -0.15) is 4.31 Å². The maximum absolute atomic E-state index is 13.1. The molecule has 1 aliphatic rings. The van der Waals surface area contributed by atoms with Crippen LogP contribution in [0.25, 0.3) is 0 Å². The molecule has 4 nitrogen and oxygen atoms in total. The average Bonchev–Trinajstić information content (AvgIpc) is 3.11. The van der Waals surface area contributed by atoms with Crippen LogP contribution in [0.1, 0.15) is 46.6 Å². The molecule has 1 aliphatic heterocycles. The van der Waals surface area contributed by atoms with Crippen molar-refractivity contribution >= 4 is 18.3 Å². The zero-order chi connectivity index (χ0) is 19.3. The molecule has 3 atom stereocenters. The van der Waals surface area contributed by atoms with Gasteiger partial charge in [0.05, 0.1) is 23.1 Å². The highest BCUT2D eigenvalue weighted by atomic mass is 32.2. The summed E-state index contributed by atoms with van der Waals surface area (Å²) in [6, 6.07) is 7.01. The van der Waals surface area contributed by atoms with Crippen molar-refractivity contribution in [1.82, 2.24) is 4.31 Å². The summed E-state index contributed by atoms with van der Waals surface area (Å²) in [6.45, 7) is 17.5. The Hall–Kier alpha value is -0.693. The summed E-state index contributed by atoms with van der Waals surface area (Å²) in [4.78, 5) is 0.368. The molecule has 1 unspecified atom stereocenters. The quantitative estimate of drug-likeness (QED) is 0.534. The van der Waals surface area contributed by atoms with Gasteiger partial charge in [0.1, 0.15) is 0 Å². The Labute approximate surface area is 154 Å². The third-order valence-corrected chi connectivity index (χ3v) is 12.7. The van der Waals surface area contributed by atoms with Crippen LogP contribution in [0.4, 0.5) is 0 Å². The predicted molar refractivity (Wildman–Crippen MR) is 106 cm³/mol. The van der Waals surface area contributed by atoms with E-state index in [9.17, 15) is 8.42 Å². The van der Waals surface area contributed by atoms with E-state index < -0.39 is 18.3 Å². The molecule has 142 valence electrons. The summed E-state index contributed by atoms with van der Waals surface area (Å²) in [5.41, 5.74) is 0.701. The predicted octanol–water partition coefficient (Wildman–Crippen LogP) is 4.56. The van der Waals surface area contributed by atoms with Gasteiger partial charge in [0.2, 0.25) is 10.0 Å². The van der Waals surface area contributed by atoms with Gasteiger partial charge < -0.3 is 4.43 Å². The van der Waals surface area contributed by atoms with Gasteiger partial charge in [-0.25, -0.2) is 8.42 Å². The lowest BCUT2D eigenvalue weighted by atomic mass is 10.1. The summed E-state index contributed by atoms with van der Waals surface area (Å²) in [7, 11) is -5.39. The fraction of sp³-hybridized carbons (Fsp3) is 0.684. The van der Waals surface area contributed by atoms with E-state index in [-0.39, 0.29) is 16.6 Å². The van der Waals surface area contributed by atoms with Crippen molar-refractivity contribution in [2.75, 3.05) is 6.61 Å². The normalized spacial score (nSPS) is 27.4. The highest BCUT2D eigenvalue weighted by Gasteiger charge is 2.64. The lowest BCUT2D eigenvalue weighted by Crippen LogP contribution is -2.42. The SMILES string of the molecule is CC[C@@]1(C)[C@@H](CO[Si](C)(C)C(C)(C)C)N1S(=O)(=O)c1ccc(C)cc1. The van der Waals surface area contributed by atoms with E-state index in [2.05, 4.69) is 33.9 Å². The molecule has 0 aliphatic carbocycles. The topological polar surface area (TPSA) is 46.4 Å². The number of benzene rings is 1. The molecule has 2 rings (SSSR count). The van der Waals surface area contributed by atoms with E-state index in [4.69, 9.17) is 4.43 Å². The van der Waals surface area contributed by atoms with Crippen LogP contribution in [0.2, 0.25) is 18.1 Å². The Balaban J connectivity index is 2.22. The second-order valence-electron chi connectivity index (χ2n) is 8.91. The van der Waals surface area contributed by atoms with Crippen LogP contribution in [-0.2, 0) is 14.4 Å². The van der Waals surface area contributed by atoms with E-state index in [0.717, 1.165) is 12.0 Å². The molecule has 1 saturated heterocycles. The molecule has 0 saturated carbocycles. The fourth-order valence-electron chi connectivity index (χ4n) is 2.88. The maximum atomic E-state index is 13.1. The molecule has 25 heavy (non-hydrogen) atoms. The molecule has 6 heteroatoms. The van der Waals surface area contributed by atoms with Crippen LogP contribution in [0, 0.1) is 6.92 Å². The van der Waals surface area contributed by atoms with E-state index >= 15 is 0 Å². The van der Waals surface area contributed by atoms with Crippen LogP contribution >= 0.6 is 0 Å². The standard InChI is InChI=1S/C19H33NO3SSi/c1-9-19(6)17(14-23-25(7,8)18(3,4)5)20(19)24(21,22)16-12-10-15(2)11-13-16/h10-13,17H,9,14H2,1-8H3/t17-,19+,20?/m1/s1. The van der Waals surface area contributed by atoms with Gasteiger partial charge in [-0.05, 0) is 50.5 Å². The number of hydrogen-bond acceptors (Lipinski definition) is 3. The summed E-state index contributed by atoms with van der Waals surface area (Å²) in [6.07, 6.45) is 0.781. The molecule has 0 aromatic heterocycles. The van der Waals surface area contributed by atoms with Crippen LogP contribution in [0.3, 0.4) is 0 Å². The van der Waals surface area contributed by atoms with Crippen LogP contribution in [0.15, 0.2) is 29.2 Å². The number of hydrogen-bond donors (Lipinski definition) is 0. The molecule has 0 N–H and O–H groups in total. The first-order valence-electron chi connectivity index (χ1n) is 9.02. The van der Waals surface area contributed by atoms with Gasteiger partial charge in [-0.15, -0.1) is 0 Å². The Morgan fingerprint density at radius 3 is 2.16 bits per heavy atom. The van der Waals surface area contributed by atoms with Gasteiger partial charge in [0, 0.05) is 0 Å². The molecule has 1 aromatic rings. The van der Waals surface area contributed by atoms with Gasteiger partial charge in [0.15, 0.2) is 8.32 Å².